The van der Waals surface area contributed by atoms with Crippen LogP contribution >= 0.6 is 0 Å². The lowest BCUT2D eigenvalue weighted by Gasteiger charge is -2.46. The fourth-order valence-corrected chi connectivity index (χ4v) is 4.12. The molecule has 0 bridgehead atoms. The van der Waals surface area contributed by atoms with E-state index in [1.54, 1.807) is 0 Å². The number of hydrogen-bond donors (Lipinski definition) is 1. The van der Waals surface area contributed by atoms with Crippen molar-refractivity contribution in [2.45, 2.75) is 77.3 Å². The van der Waals surface area contributed by atoms with Crippen LogP contribution in [0.15, 0.2) is 0 Å². The molecule has 21 heavy (non-hydrogen) atoms. The highest BCUT2D eigenvalue weighted by Gasteiger charge is 2.36. The zero-order valence-electron chi connectivity index (χ0n) is 13.9. The predicted molar refractivity (Wildman–Crippen MR) is 87.2 cm³/mol. The number of nitrogens with zero attached hydrogens (tertiary/aromatic N) is 2. The third kappa shape index (κ3) is 4.35. The molecular weight excluding hydrogens is 262 g/mol. The zero-order chi connectivity index (χ0) is 15.2. The number of nitrogens with two attached hydrogens (primary N) is 1. The summed E-state index contributed by atoms with van der Waals surface area (Å²) < 4.78 is 0. The van der Waals surface area contributed by atoms with Gasteiger partial charge in [0, 0.05) is 18.6 Å². The van der Waals surface area contributed by atoms with E-state index in [-0.39, 0.29) is 6.03 Å². The van der Waals surface area contributed by atoms with Crippen LogP contribution in [0.1, 0.15) is 65.2 Å². The van der Waals surface area contributed by atoms with E-state index in [2.05, 4.69) is 18.7 Å². The molecule has 2 aliphatic rings. The van der Waals surface area contributed by atoms with Crippen LogP contribution in [0.4, 0.5) is 4.79 Å². The largest absolute Gasteiger partial charge is 0.351 e. The molecule has 2 aliphatic heterocycles. The minimum Gasteiger partial charge on any atom is -0.351 e. The van der Waals surface area contributed by atoms with Gasteiger partial charge in [0.05, 0.1) is 0 Å². The van der Waals surface area contributed by atoms with Crippen molar-refractivity contribution >= 4 is 6.03 Å². The second kappa shape index (κ2) is 8.02. The van der Waals surface area contributed by atoms with Crippen molar-refractivity contribution in [2.24, 2.45) is 11.7 Å². The van der Waals surface area contributed by atoms with Gasteiger partial charge < -0.3 is 15.5 Å². The molecule has 4 heteroatoms. The molecule has 4 nitrogen and oxygen atoms in total. The van der Waals surface area contributed by atoms with Gasteiger partial charge in [0.15, 0.2) is 0 Å². The van der Waals surface area contributed by atoms with Gasteiger partial charge in [-0.05, 0) is 51.1 Å². The van der Waals surface area contributed by atoms with Crippen LogP contribution in [0, 0.1) is 5.92 Å². The number of rotatable bonds is 5. The van der Waals surface area contributed by atoms with Gasteiger partial charge in [-0.2, -0.15) is 0 Å². The molecule has 2 saturated heterocycles. The van der Waals surface area contributed by atoms with Crippen molar-refractivity contribution in [3.05, 3.63) is 0 Å². The quantitative estimate of drug-likeness (QED) is 0.846. The number of hydrogen-bond acceptors (Lipinski definition) is 2. The van der Waals surface area contributed by atoms with E-state index in [9.17, 15) is 4.79 Å². The van der Waals surface area contributed by atoms with Crippen molar-refractivity contribution < 1.29 is 4.79 Å². The predicted octanol–water partition coefficient (Wildman–Crippen LogP) is 3.21. The first-order valence-corrected chi connectivity index (χ1v) is 8.93. The van der Waals surface area contributed by atoms with Crippen LogP contribution in [-0.2, 0) is 0 Å². The minimum atomic E-state index is -0.222. The second-order valence-corrected chi connectivity index (χ2v) is 6.99. The summed E-state index contributed by atoms with van der Waals surface area (Å²) in [5.74, 6) is 0.560. The lowest BCUT2D eigenvalue weighted by atomic mass is 9.85. The smallest absolute Gasteiger partial charge is 0.315 e. The van der Waals surface area contributed by atoms with E-state index in [4.69, 9.17) is 5.73 Å². The Hall–Kier alpha value is -0.770. The van der Waals surface area contributed by atoms with E-state index in [1.807, 2.05) is 4.90 Å². The van der Waals surface area contributed by atoms with E-state index in [1.165, 1.54) is 51.6 Å². The third-order valence-corrected chi connectivity index (χ3v) is 5.48. The zero-order valence-corrected chi connectivity index (χ0v) is 13.9. The molecule has 0 saturated carbocycles. The SMILES string of the molecule is CCCCC(C)[C@H]1CC(N2CCCCC2)CCN1C(N)=O. The molecule has 0 aromatic rings. The fourth-order valence-electron chi connectivity index (χ4n) is 4.12. The molecule has 3 atom stereocenters. The van der Waals surface area contributed by atoms with Crippen LogP contribution in [-0.4, -0.2) is 47.5 Å². The Balaban J connectivity index is 1.98. The monoisotopic (exact) mass is 295 g/mol. The highest BCUT2D eigenvalue weighted by atomic mass is 16.2. The maximum Gasteiger partial charge on any atom is 0.315 e. The van der Waals surface area contributed by atoms with E-state index in [0.29, 0.717) is 18.0 Å². The molecule has 0 aromatic carbocycles. The summed E-state index contributed by atoms with van der Waals surface area (Å²) in [7, 11) is 0. The highest BCUT2D eigenvalue weighted by Crippen LogP contribution is 2.30. The highest BCUT2D eigenvalue weighted by molar-refractivity contribution is 5.72. The summed E-state index contributed by atoms with van der Waals surface area (Å²) in [4.78, 5) is 16.4. The van der Waals surface area contributed by atoms with Gasteiger partial charge in [-0.3, -0.25) is 0 Å². The van der Waals surface area contributed by atoms with Crippen LogP contribution in [0.25, 0.3) is 0 Å². The van der Waals surface area contributed by atoms with Crippen LogP contribution in [0.5, 0.6) is 0 Å². The summed E-state index contributed by atoms with van der Waals surface area (Å²) in [5.41, 5.74) is 5.62. The summed E-state index contributed by atoms with van der Waals surface area (Å²) in [6, 6.07) is 0.783. The van der Waals surface area contributed by atoms with Crippen molar-refractivity contribution in [1.82, 2.24) is 9.80 Å². The van der Waals surface area contributed by atoms with Gasteiger partial charge in [0.2, 0.25) is 0 Å². The van der Waals surface area contributed by atoms with Gasteiger partial charge in [0.25, 0.3) is 0 Å². The number of carbonyl (C=O) groups is 1. The Morgan fingerprint density at radius 3 is 2.57 bits per heavy atom. The second-order valence-electron chi connectivity index (χ2n) is 6.99. The number of urea groups is 1. The summed E-state index contributed by atoms with van der Waals surface area (Å²) in [6.07, 6.45) is 9.96. The Labute approximate surface area is 130 Å². The standard InChI is InChI=1S/C17H33N3O/c1-3-4-8-14(2)16-13-15(9-12-20(16)17(18)21)19-10-6-5-7-11-19/h14-16H,3-13H2,1-2H3,(H2,18,21)/t14?,15?,16-/m1/s1. The van der Waals surface area contributed by atoms with Crippen molar-refractivity contribution in [3.8, 4) is 0 Å². The number of piperidine rings is 2. The van der Waals surface area contributed by atoms with Gasteiger partial charge in [-0.1, -0.05) is 33.1 Å². The first kappa shape index (κ1) is 16.6. The molecule has 122 valence electrons. The molecule has 0 spiro atoms. The lowest BCUT2D eigenvalue weighted by molar-refractivity contribution is 0.0526. The third-order valence-electron chi connectivity index (χ3n) is 5.48. The normalized spacial score (nSPS) is 29.3. The van der Waals surface area contributed by atoms with Gasteiger partial charge in [0.1, 0.15) is 0 Å². The molecule has 0 radical (unpaired) electrons. The maximum atomic E-state index is 11.8. The van der Waals surface area contributed by atoms with Crippen LogP contribution in [0.3, 0.4) is 0 Å². The average molecular weight is 295 g/mol. The first-order valence-electron chi connectivity index (χ1n) is 8.93. The van der Waals surface area contributed by atoms with E-state index >= 15 is 0 Å². The van der Waals surface area contributed by atoms with Gasteiger partial charge in [-0.15, -0.1) is 0 Å². The number of primary amides is 1. The first-order chi connectivity index (χ1) is 10.1. The Morgan fingerprint density at radius 1 is 1.24 bits per heavy atom. The average Bonchev–Trinajstić information content (AvgIpc) is 2.52. The minimum absolute atomic E-state index is 0.222. The number of likely N-dealkylation sites (tertiary alicyclic amines) is 2. The number of unbranched alkanes of at least 4 members (excludes halogenated alkanes) is 1. The fraction of sp³-hybridized carbons (Fsp3) is 0.941. The number of amides is 2. The van der Waals surface area contributed by atoms with E-state index < -0.39 is 0 Å². The summed E-state index contributed by atoms with van der Waals surface area (Å²) in [5, 5.41) is 0. The molecule has 0 aromatic heterocycles. The lowest BCUT2D eigenvalue weighted by Crippen LogP contribution is -2.56. The van der Waals surface area contributed by atoms with Crippen molar-refractivity contribution in [1.29, 1.82) is 0 Å². The Bertz CT molecular complexity index is 328. The Morgan fingerprint density at radius 2 is 1.95 bits per heavy atom. The molecule has 2 amide bonds. The molecule has 2 unspecified atom stereocenters. The summed E-state index contributed by atoms with van der Waals surface area (Å²) in [6.45, 7) is 7.87. The Kier molecular flexibility index (Phi) is 6.34. The van der Waals surface area contributed by atoms with Gasteiger partial charge in [-0.25, -0.2) is 4.79 Å². The maximum absolute atomic E-state index is 11.8. The molecule has 0 aliphatic carbocycles. The van der Waals surface area contributed by atoms with Crippen LogP contribution in [0.2, 0.25) is 0 Å². The summed E-state index contributed by atoms with van der Waals surface area (Å²) >= 11 is 0. The van der Waals surface area contributed by atoms with Gasteiger partial charge >= 0.3 is 6.03 Å². The molecular formula is C17H33N3O. The van der Waals surface area contributed by atoms with Crippen molar-refractivity contribution in [3.63, 3.8) is 0 Å². The number of carbonyl (C=O) groups excluding carboxylic acids is 1. The molecule has 2 fully saturated rings. The van der Waals surface area contributed by atoms with E-state index in [0.717, 1.165) is 19.4 Å². The molecule has 2 rings (SSSR count). The van der Waals surface area contributed by atoms with Crippen molar-refractivity contribution in [2.75, 3.05) is 19.6 Å². The molecule has 2 heterocycles. The molecule has 2 N–H and O–H groups in total. The van der Waals surface area contributed by atoms with Crippen LogP contribution < -0.4 is 5.73 Å². The topological polar surface area (TPSA) is 49.6 Å².